The first-order chi connectivity index (χ1) is 9.90. The minimum absolute atomic E-state index is 0.0737. The molecule has 1 heterocycles. The van der Waals surface area contributed by atoms with E-state index in [4.69, 9.17) is 22.2 Å². The first-order valence-corrected chi connectivity index (χ1v) is 6.20. The van der Waals surface area contributed by atoms with Gasteiger partial charge in [0.15, 0.2) is 0 Å². The second-order valence-electron chi connectivity index (χ2n) is 4.08. The standard InChI is InChI=1S/C13H11ClF3N3O/c14-10-4-5-12(20-18)19-11(10)7-21-9-3-1-2-8(6-9)13(15,16)17/h1-6H,7,18H2,(H,19,20). The third-order valence-electron chi connectivity index (χ3n) is 2.60. The molecule has 8 heteroatoms. The van der Waals surface area contributed by atoms with Gasteiger partial charge >= 0.3 is 6.18 Å². The second kappa shape index (κ2) is 6.19. The van der Waals surface area contributed by atoms with Crippen molar-refractivity contribution in [3.05, 3.63) is 52.7 Å². The highest BCUT2D eigenvalue weighted by Crippen LogP contribution is 2.31. The number of hydrogen-bond donors (Lipinski definition) is 2. The zero-order valence-electron chi connectivity index (χ0n) is 10.6. The zero-order valence-corrected chi connectivity index (χ0v) is 11.4. The molecule has 0 atom stereocenters. The van der Waals surface area contributed by atoms with Crippen molar-refractivity contribution < 1.29 is 17.9 Å². The predicted molar refractivity (Wildman–Crippen MR) is 72.8 cm³/mol. The van der Waals surface area contributed by atoms with Crippen molar-refractivity contribution >= 4 is 17.4 Å². The number of anilines is 1. The quantitative estimate of drug-likeness (QED) is 0.668. The fourth-order valence-corrected chi connectivity index (χ4v) is 1.74. The van der Waals surface area contributed by atoms with Crippen molar-refractivity contribution in [1.29, 1.82) is 0 Å². The fraction of sp³-hybridized carbons (Fsp3) is 0.154. The van der Waals surface area contributed by atoms with Crippen molar-refractivity contribution in [3.63, 3.8) is 0 Å². The van der Waals surface area contributed by atoms with E-state index in [0.29, 0.717) is 16.5 Å². The van der Waals surface area contributed by atoms with Crippen molar-refractivity contribution in [2.45, 2.75) is 12.8 Å². The Hall–Kier alpha value is -1.99. The van der Waals surface area contributed by atoms with Crippen LogP contribution in [0.15, 0.2) is 36.4 Å². The Kier molecular flexibility index (Phi) is 4.54. The molecular weight excluding hydrogens is 307 g/mol. The minimum atomic E-state index is -4.42. The van der Waals surface area contributed by atoms with Gasteiger partial charge in [0, 0.05) is 0 Å². The van der Waals surface area contributed by atoms with E-state index >= 15 is 0 Å². The summed E-state index contributed by atoms with van der Waals surface area (Å²) in [6.45, 7) is -0.0737. The van der Waals surface area contributed by atoms with Crippen LogP contribution in [0.5, 0.6) is 5.75 Å². The smallest absolute Gasteiger partial charge is 0.416 e. The Morgan fingerprint density at radius 1 is 1.24 bits per heavy atom. The number of aromatic nitrogens is 1. The summed E-state index contributed by atoms with van der Waals surface area (Å²) < 4.78 is 43.0. The van der Waals surface area contributed by atoms with Crippen LogP contribution in [-0.2, 0) is 12.8 Å². The number of nitrogen functional groups attached to an aromatic ring is 1. The van der Waals surface area contributed by atoms with Crippen LogP contribution < -0.4 is 16.0 Å². The number of hydrazine groups is 1. The normalized spacial score (nSPS) is 11.3. The molecule has 3 N–H and O–H groups in total. The highest BCUT2D eigenvalue weighted by atomic mass is 35.5. The summed E-state index contributed by atoms with van der Waals surface area (Å²) in [5.41, 5.74) is 1.93. The Balaban J connectivity index is 2.13. The summed E-state index contributed by atoms with van der Waals surface area (Å²) in [5, 5.41) is 0.334. The monoisotopic (exact) mass is 317 g/mol. The lowest BCUT2D eigenvalue weighted by Crippen LogP contribution is -2.10. The molecule has 1 aromatic heterocycles. The lowest BCUT2D eigenvalue weighted by Gasteiger charge is -2.11. The second-order valence-corrected chi connectivity index (χ2v) is 4.49. The van der Waals surface area contributed by atoms with Crippen LogP contribution in [0.3, 0.4) is 0 Å². The van der Waals surface area contributed by atoms with Gasteiger partial charge in [0.2, 0.25) is 0 Å². The number of halogens is 4. The number of rotatable bonds is 4. The van der Waals surface area contributed by atoms with Gasteiger partial charge in [-0.05, 0) is 30.3 Å². The van der Waals surface area contributed by atoms with Gasteiger partial charge < -0.3 is 10.2 Å². The van der Waals surface area contributed by atoms with E-state index in [1.807, 2.05) is 0 Å². The number of nitrogens with zero attached hydrogens (tertiary/aromatic N) is 1. The van der Waals surface area contributed by atoms with Crippen LogP contribution in [0.1, 0.15) is 11.3 Å². The van der Waals surface area contributed by atoms with Gasteiger partial charge in [-0.3, -0.25) is 0 Å². The van der Waals surface area contributed by atoms with Gasteiger partial charge in [-0.25, -0.2) is 10.8 Å². The maximum absolute atomic E-state index is 12.6. The summed E-state index contributed by atoms with van der Waals surface area (Å²) in [5.74, 6) is 5.68. The maximum atomic E-state index is 12.6. The van der Waals surface area contributed by atoms with Crippen LogP contribution in [0, 0.1) is 0 Å². The summed E-state index contributed by atoms with van der Waals surface area (Å²) >= 11 is 5.93. The van der Waals surface area contributed by atoms with Gasteiger partial charge in [-0.15, -0.1) is 0 Å². The molecule has 21 heavy (non-hydrogen) atoms. The summed E-state index contributed by atoms with van der Waals surface area (Å²) in [6, 6.07) is 7.71. The Labute approximate surface area is 123 Å². The van der Waals surface area contributed by atoms with Crippen LogP contribution in [0.25, 0.3) is 0 Å². The van der Waals surface area contributed by atoms with Gasteiger partial charge in [0.1, 0.15) is 18.2 Å². The van der Waals surface area contributed by atoms with Crippen LogP contribution in [-0.4, -0.2) is 4.98 Å². The van der Waals surface area contributed by atoms with Gasteiger partial charge in [-0.2, -0.15) is 13.2 Å². The average molecular weight is 318 g/mol. The van der Waals surface area contributed by atoms with Crippen molar-refractivity contribution in [1.82, 2.24) is 4.98 Å². The Bertz CT molecular complexity index is 634. The van der Waals surface area contributed by atoms with Gasteiger partial charge in [0.05, 0.1) is 16.3 Å². The van der Waals surface area contributed by atoms with E-state index in [-0.39, 0.29) is 12.4 Å². The molecule has 0 bridgehead atoms. The first kappa shape index (κ1) is 15.4. The Morgan fingerprint density at radius 2 is 2.00 bits per heavy atom. The number of nitrogens with two attached hydrogens (primary N) is 1. The third-order valence-corrected chi connectivity index (χ3v) is 2.95. The maximum Gasteiger partial charge on any atom is 0.416 e. The van der Waals surface area contributed by atoms with Gasteiger partial charge in [-0.1, -0.05) is 17.7 Å². The molecule has 0 saturated carbocycles. The number of alkyl halides is 3. The largest absolute Gasteiger partial charge is 0.487 e. The average Bonchev–Trinajstić information content (AvgIpc) is 2.46. The molecule has 2 rings (SSSR count). The number of ether oxygens (including phenoxy) is 1. The fourth-order valence-electron chi connectivity index (χ4n) is 1.58. The summed E-state index contributed by atoms with van der Waals surface area (Å²) in [7, 11) is 0. The molecule has 0 aliphatic carbocycles. The molecule has 4 nitrogen and oxygen atoms in total. The van der Waals surface area contributed by atoms with Gasteiger partial charge in [0.25, 0.3) is 0 Å². The molecule has 0 aliphatic heterocycles. The molecule has 0 radical (unpaired) electrons. The minimum Gasteiger partial charge on any atom is -0.487 e. The molecule has 0 amide bonds. The SMILES string of the molecule is NNc1ccc(Cl)c(COc2cccc(C(F)(F)F)c2)n1. The molecule has 2 aromatic rings. The van der Waals surface area contributed by atoms with Crippen LogP contribution >= 0.6 is 11.6 Å². The third kappa shape index (κ3) is 3.99. The molecular formula is C13H11ClF3N3O. The van der Waals surface area contributed by atoms with Crippen molar-refractivity contribution in [2.24, 2.45) is 5.84 Å². The molecule has 0 saturated heterocycles. The summed E-state index contributed by atoms with van der Waals surface area (Å²) in [4.78, 5) is 4.06. The van der Waals surface area contributed by atoms with E-state index in [1.165, 1.54) is 12.1 Å². The highest BCUT2D eigenvalue weighted by Gasteiger charge is 2.30. The predicted octanol–water partition coefficient (Wildman–Crippen LogP) is 3.62. The van der Waals surface area contributed by atoms with E-state index in [9.17, 15) is 13.2 Å². The van der Waals surface area contributed by atoms with Crippen molar-refractivity contribution in [3.8, 4) is 5.75 Å². The van der Waals surface area contributed by atoms with E-state index in [2.05, 4.69) is 10.4 Å². The number of hydrogen-bond acceptors (Lipinski definition) is 4. The summed E-state index contributed by atoms with van der Waals surface area (Å²) in [6.07, 6.45) is -4.42. The molecule has 0 aliphatic rings. The van der Waals surface area contributed by atoms with Crippen molar-refractivity contribution in [2.75, 3.05) is 5.43 Å². The molecule has 0 spiro atoms. The molecule has 0 unspecified atom stereocenters. The molecule has 1 aromatic carbocycles. The lowest BCUT2D eigenvalue weighted by molar-refractivity contribution is -0.137. The molecule has 112 valence electrons. The topological polar surface area (TPSA) is 60.2 Å². The number of nitrogens with one attached hydrogen (secondary N) is 1. The van der Waals surface area contributed by atoms with Crippen LogP contribution in [0.2, 0.25) is 5.02 Å². The Morgan fingerprint density at radius 3 is 2.67 bits per heavy atom. The highest BCUT2D eigenvalue weighted by molar-refractivity contribution is 6.31. The molecule has 0 fully saturated rings. The first-order valence-electron chi connectivity index (χ1n) is 5.82. The number of benzene rings is 1. The van der Waals surface area contributed by atoms with Crippen LogP contribution in [0.4, 0.5) is 19.0 Å². The van der Waals surface area contributed by atoms with E-state index < -0.39 is 11.7 Å². The lowest BCUT2D eigenvalue weighted by atomic mass is 10.2. The van der Waals surface area contributed by atoms with E-state index in [0.717, 1.165) is 12.1 Å². The zero-order chi connectivity index (χ0) is 15.5. The number of pyridine rings is 1. The van der Waals surface area contributed by atoms with E-state index in [1.54, 1.807) is 12.1 Å².